The minimum Gasteiger partial charge on any atom is -0.463 e. The fourth-order valence-corrected chi connectivity index (χ4v) is 2.05. The Morgan fingerprint density at radius 2 is 2.11 bits per heavy atom. The maximum absolute atomic E-state index is 11.5. The molecule has 1 N–H and O–H groups in total. The van der Waals surface area contributed by atoms with E-state index in [2.05, 4.69) is 33.9 Å². The van der Waals surface area contributed by atoms with Gasteiger partial charge in [-0.05, 0) is 39.5 Å². The van der Waals surface area contributed by atoms with Crippen molar-refractivity contribution in [2.75, 3.05) is 12.4 Å². The number of carbonyl (C=O) groups is 1. The van der Waals surface area contributed by atoms with Crippen LogP contribution in [0, 0.1) is 12.8 Å². The molecule has 1 aliphatic rings. The number of nitrogens with one attached hydrogen (secondary N) is 1. The summed E-state index contributed by atoms with van der Waals surface area (Å²) in [4.78, 5) is 19.7. The third-order valence-corrected chi connectivity index (χ3v) is 3.27. The second-order valence-corrected chi connectivity index (χ2v) is 5.33. The molecule has 0 spiro atoms. The molecule has 0 atom stereocenters. The van der Waals surface area contributed by atoms with Gasteiger partial charge in [-0.1, -0.05) is 0 Å². The SMILES string of the molecule is COC(=O)c1nc(C)cc(NC(C)(C)C2CC2)n1. The fourth-order valence-electron chi connectivity index (χ4n) is 2.05. The first-order valence-corrected chi connectivity index (χ1v) is 6.14. The lowest BCUT2D eigenvalue weighted by Crippen LogP contribution is -2.34. The van der Waals surface area contributed by atoms with E-state index in [1.807, 2.05) is 13.0 Å². The van der Waals surface area contributed by atoms with Gasteiger partial charge in [0.15, 0.2) is 0 Å². The smallest absolute Gasteiger partial charge is 0.376 e. The fraction of sp³-hybridized carbons (Fsp3) is 0.615. The zero-order valence-electron chi connectivity index (χ0n) is 11.3. The summed E-state index contributed by atoms with van der Waals surface area (Å²) in [5.74, 6) is 0.951. The van der Waals surface area contributed by atoms with Crippen LogP contribution in [0.2, 0.25) is 0 Å². The maximum Gasteiger partial charge on any atom is 0.376 e. The van der Waals surface area contributed by atoms with Gasteiger partial charge in [0.1, 0.15) is 5.82 Å². The standard InChI is InChI=1S/C13H19N3O2/c1-8-7-10(15-11(14-8)12(17)18-4)16-13(2,3)9-5-6-9/h7,9H,5-6H2,1-4H3,(H,14,15,16). The minimum atomic E-state index is -0.508. The zero-order chi connectivity index (χ0) is 13.3. The van der Waals surface area contributed by atoms with Crippen LogP contribution >= 0.6 is 0 Å². The van der Waals surface area contributed by atoms with Gasteiger partial charge in [0.25, 0.3) is 0 Å². The van der Waals surface area contributed by atoms with Crippen molar-refractivity contribution in [2.45, 2.75) is 39.2 Å². The Labute approximate surface area is 107 Å². The van der Waals surface area contributed by atoms with Crippen molar-refractivity contribution in [1.29, 1.82) is 0 Å². The van der Waals surface area contributed by atoms with Crippen LogP contribution in [0.4, 0.5) is 5.82 Å². The maximum atomic E-state index is 11.5. The van der Waals surface area contributed by atoms with Gasteiger partial charge in [-0.2, -0.15) is 0 Å². The summed E-state index contributed by atoms with van der Waals surface area (Å²) in [6, 6.07) is 1.84. The van der Waals surface area contributed by atoms with E-state index in [-0.39, 0.29) is 11.4 Å². The number of hydrogen-bond donors (Lipinski definition) is 1. The number of carbonyl (C=O) groups excluding carboxylic acids is 1. The molecule has 1 aromatic heterocycles. The molecule has 1 aromatic rings. The molecule has 1 heterocycles. The van der Waals surface area contributed by atoms with Crippen molar-refractivity contribution in [3.8, 4) is 0 Å². The molecule has 5 heteroatoms. The van der Waals surface area contributed by atoms with Crippen molar-refractivity contribution in [1.82, 2.24) is 9.97 Å². The van der Waals surface area contributed by atoms with E-state index in [1.165, 1.54) is 20.0 Å². The van der Waals surface area contributed by atoms with Gasteiger partial charge in [0, 0.05) is 17.3 Å². The van der Waals surface area contributed by atoms with Crippen LogP contribution in [0.1, 0.15) is 43.0 Å². The van der Waals surface area contributed by atoms with Crippen molar-refractivity contribution >= 4 is 11.8 Å². The molecule has 0 aromatic carbocycles. The number of anilines is 1. The number of hydrogen-bond acceptors (Lipinski definition) is 5. The minimum absolute atomic E-state index is 0.00577. The molecule has 2 rings (SSSR count). The van der Waals surface area contributed by atoms with Crippen LogP contribution in [0.5, 0.6) is 0 Å². The summed E-state index contributed by atoms with van der Waals surface area (Å²) in [5.41, 5.74) is 0.744. The predicted molar refractivity (Wildman–Crippen MR) is 68.5 cm³/mol. The van der Waals surface area contributed by atoms with Crippen LogP contribution in [0.3, 0.4) is 0 Å². The van der Waals surface area contributed by atoms with E-state index < -0.39 is 5.97 Å². The molecule has 0 saturated heterocycles. The van der Waals surface area contributed by atoms with Crippen LogP contribution in [0.25, 0.3) is 0 Å². The van der Waals surface area contributed by atoms with Crippen molar-refractivity contribution in [3.05, 3.63) is 17.6 Å². The van der Waals surface area contributed by atoms with E-state index in [1.54, 1.807) is 0 Å². The van der Waals surface area contributed by atoms with Gasteiger partial charge >= 0.3 is 5.97 Å². The van der Waals surface area contributed by atoms with Gasteiger partial charge in [-0.15, -0.1) is 0 Å². The van der Waals surface area contributed by atoms with E-state index in [4.69, 9.17) is 0 Å². The van der Waals surface area contributed by atoms with Gasteiger partial charge in [-0.25, -0.2) is 14.8 Å². The first-order chi connectivity index (χ1) is 8.42. The average Bonchev–Trinajstić information content (AvgIpc) is 3.10. The second-order valence-electron chi connectivity index (χ2n) is 5.33. The van der Waals surface area contributed by atoms with Gasteiger partial charge < -0.3 is 10.1 Å². The van der Waals surface area contributed by atoms with Crippen molar-refractivity contribution in [3.63, 3.8) is 0 Å². The molecule has 1 saturated carbocycles. The first kappa shape index (κ1) is 12.8. The molecule has 0 bridgehead atoms. The van der Waals surface area contributed by atoms with Crippen LogP contribution in [-0.4, -0.2) is 28.6 Å². The van der Waals surface area contributed by atoms with E-state index in [9.17, 15) is 4.79 Å². The predicted octanol–water partition coefficient (Wildman–Crippen LogP) is 2.17. The van der Waals surface area contributed by atoms with Gasteiger partial charge in [-0.3, -0.25) is 0 Å². The number of ether oxygens (including phenoxy) is 1. The molecular formula is C13H19N3O2. The molecule has 0 amide bonds. The molecular weight excluding hydrogens is 230 g/mol. The van der Waals surface area contributed by atoms with E-state index in [0.717, 1.165) is 5.69 Å². The second kappa shape index (κ2) is 4.55. The summed E-state index contributed by atoms with van der Waals surface area (Å²) in [5, 5.41) is 3.38. The number of aromatic nitrogens is 2. The summed E-state index contributed by atoms with van der Waals surface area (Å²) in [6.45, 7) is 6.14. The third kappa shape index (κ3) is 2.78. The quantitative estimate of drug-likeness (QED) is 0.828. The highest BCUT2D eigenvalue weighted by Gasteiger charge is 2.38. The van der Waals surface area contributed by atoms with E-state index >= 15 is 0 Å². The van der Waals surface area contributed by atoms with Crippen molar-refractivity contribution < 1.29 is 9.53 Å². The number of esters is 1. The Balaban J connectivity index is 2.22. The topological polar surface area (TPSA) is 64.1 Å². The summed E-state index contributed by atoms with van der Waals surface area (Å²) >= 11 is 0. The Morgan fingerprint density at radius 3 is 2.67 bits per heavy atom. The number of nitrogens with zero attached hydrogens (tertiary/aromatic N) is 2. The van der Waals surface area contributed by atoms with Crippen molar-refractivity contribution in [2.24, 2.45) is 5.92 Å². The first-order valence-electron chi connectivity index (χ1n) is 6.14. The lowest BCUT2D eigenvalue weighted by molar-refractivity contribution is 0.0586. The number of rotatable bonds is 4. The molecule has 18 heavy (non-hydrogen) atoms. The van der Waals surface area contributed by atoms with Crippen LogP contribution < -0.4 is 5.32 Å². The summed E-state index contributed by atoms with van der Waals surface area (Å²) in [6.07, 6.45) is 2.49. The third-order valence-electron chi connectivity index (χ3n) is 3.27. The normalized spacial score (nSPS) is 15.3. The molecule has 0 radical (unpaired) electrons. The highest BCUT2D eigenvalue weighted by Crippen LogP contribution is 2.40. The highest BCUT2D eigenvalue weighted by atomic mass is 16.5. The summed E-state index contributed by atoms with van der Waals surface area (Å²) in [7, 11) is 1.33. The zero-order valence-corrected chi connectivity index (χ0v) is 11.3. The molecule has 0 unspecified atom stereocenters. The molecule has 1 fully saturated rings. The Bertz CT molecular complexity index is 467. The highest BCUT2D eigenvalue weighted by molar-refractivity contribution is 5.85. The lowest BCUT2D eigenvalue weighted by atomic mass is 9.99. The van der Waals surface area contributed by atoms with Crippen LogP contribution in [-0.2, 0) is 4.74 Å². The van der Waals surface area contributed by atoms with E-state index in [0.29, 0.717) is 11.7 Å². The monoisotopic (exact) mass is 249 g/mol. The summed E-state index contributed by atoms with van der Waals surface area (Å²) < 4.78 is 4.64. The van der Waals surface area contributed by atoms with Gasteiger partial charge in [0.2, 0.25) is 5.82 Å². The number of methoxy groups -OCH3 is 1. The van der Waals surface area contributed by atoms with Gasteiger partial charge in [0.05, 0.1) is 7.11 Å². The van der Waals surface area contributed by atoms with Crippen LogP contribution in [0.15, 0.2) is 6.07 Å². The Hall–Kier alpha value is -1.65. The Morgan fingerprint density at radius 1 is 1.44 bits per heavy atom. The molecule has 1 aliphatic carbocycles. The molecule has 5 nitrogen and oxygen atoms in total. The average molecular weight is 249 g/mol. The Kier molecular flexibility index (Phi) is 3.24. The number of aryl methyl sites for hydroxylation is 1. The largest absolute Gasteiger partial charge is 0.463 e. The molecule has 0 aliphatic heterocycles. The lowest BCUT2D eigenvalue weighted by Gasteiger charge is -2.27. The molecule has 98 valence electrons.